The summed E-state index contributed by atoms with van der Waals surface area (Å²) >= 11 is 0. The summed E-state index contributed by atoms with van der Waals surface area (Å²) < 4.78 is 1.89. The van der Waals surface area contributed by atoms with Crippen molar-refractivity contribution in [3.8, 4) is 5.75 Å². The van der Waals surface area contributed by atoms with Crippen molar-refractivity contribution in [2.75, 3.05) is 6.54 Å². The summed E-state index contributed by atoms with van der Waals surface area (Å²) in [5.74, 6) is 0.244. The molecule has 4 heteroatoms. The number of hydrogen-bond donors (Lipinski definition) is 2. The van der Waals surface area contributed by atoms with E-state index in [1.165, 1.54) is 0 Å². The Labute approximate surface area is 82.0 Å². The van der Waals surface area contributed by atoms with Gasteiger partial charge in [-0.1, -0.05) is 0 Å². The standard InChI is InChI=1S/C10H13N3O/c1-7-9(4-5-11)13-6-8(14)2-3-10(13)12-7/h2-3,6,14H,4-5,11H2,1H3. The van der Waals surface area contributed by atoms with E-state index in [0.29, 0.717) is 6.54 Å². The molecule has 2 heterocycles. The van der Waals surface area contributed by atoms with Gasteiger partial charge in [0.2, 0.25) is 0 Å². The van der Waals surface area contributed by atoms with Gasteiger partial charge < -0.3 is 15.2 Å². The van der Waals surface area contributed by atoms with Gasteiger partial charge in [0.25, 0.3) is 0 Å². The molecule has 0 aliphatic carbocycles. The maximum absolute atomic E-state index is 9.35. The maximum Gasteiger partial charge on any atom is 0.137 e. The lowest BCUT2D eigenvalue weighted by atomic mass is 10.2. The van der Waals surface area contributed by atoms with Crippen molar-refractivity contribution in [2.24, 2.45) is 5.73 Å². The van der Waals surface area contributed by atoms with E-state index in [9.17, 15) is 5.11 Å². The molecule has 3 N–H and O–H groups in total. The molecule has 0 spiro atoms. The molecule has 0 aliphatic heterocycles. The van der Waals surface area contributed by atoms with E-state index in [1.54, 1.807) is 18.3 Å². The number of hydrogen-bond acceptors (Lipinski definition) is 3. The van der Waals surface area contributed by atoms with E-state index in [2.05, 4.69) is 4.98 Å². The third-order valence-electron chi connectivity index (χ3n) is 2.28. The smallest absolute Gasteiger partial charge is 0.137 e. The largest absolute Gasteiger partial charge is 0.506 e. The molecule has 4 nitrogen and oxygen atoms in total. The predicted molar refractivity (Wildman–Crippen MR) is 54.4 cm³/mol. The van der Waals surface area contributed by atoms with Gasteiger partial charge in [0.1, 0.15) is 11.4 Å². The number of nitrogens with zero attached hydrogens (tertiary/aromatic N) is 2. The average Bonchev–Trinajstić information content (AvgIpc) is 2.45. The Morgan fingerprint density at radius 3 is 3.00 bits per heavy atom. The Bertz CT molecular complexity index is 462. The van der Waals surface area contributed by atoms with Gasteiger partial charge in [0.05, 0.1) is 11.9 Å². The van der Waals surface area contributed by atoms with Crippen molar-refractivity contribution in [1.29, 1.82) is 0 Å². The van der Waals surface area contributed by atoms with Gasteiger partial charge >= 0.3 is 0 Å². The van der Waals surface area contributed by atoms with Crippen molar-refractivity contribution in [1.82, 2.24) is 9.38 Å². The zero-order valence-electron chi connectivity index (χ0n) is 8.07. The summed E-state index contributed by atoms with van der Waals surface area (Å²) in [6.45, 7) is 2.54. The number of aromatic hydroxyl groups is 1. The minimum Gasteiger partial charge on any atom is -0.506 e. The zero-order chi connectivity index (χ0) is 10.1. The molecule has 0 atom stereocenters. The first-order valence-corrected chi connectivity index (χ1v) is 4.59. The monoisotopic (exact) mass is 191 g/mol. The van der Waals surface area contributed by atoms with Gasteiger partial charge in [-0.2, -0.15) is 0 Å². The van der Waals surface area contributed by atoms with Crippen molar-refractivity contribution in [3.63, 3.8) is 0 Å². The number of pyridine rings is 1. The molecule has 0 amide bonds. The van der Waals surface area contributed by atoms with Crippen LogP contribution < -0.4 is 5.73 Å². The molecule has 0 unspecified atom stereocenters. The second kappa shape index (κ2) is 3.31. The summed E-state index contributed by atoms with van der Waals surface area (Å²) in [4.78, 5) is 4.37. The lowest BCUT2D eigenvalue weighted by molar-refractivity contribution is 0.471. The normalized spacial score (nSPS) is 11.0. The Morgan fingerprint density at radius 1 is 1.50 bits per heavy atom. The van der Waals surface area contributed by atoms with E-state index in [1.807, 2.05) is 11.3 Å². The highest BCUT2D eigenvalue weighted by Gasteiger charge is 2.07. The second-order valence-corrected chi connectivity index (χ2v) is 3.30. The Morgan fingerprint density at radius 2 is 2.29 bits per heavy atom. The van der Waals surface area contributed by atoms with E-state index < -0.39 is 0 Å². The van der Waals surface area contributed by atoms with Gasteiger partial charge in [-0.3, -0.25) is 0 Å². The molecule has 0 radical (unpaired) electrons. The molecule has 2 aromatic heterocycles. The molecule has 0 bridgehead atoms. The number of aryl methyl sites for hydroxylation is 1. The summed E-state index contributed by atoms with van der Waals surface area (Å²) in [5, 5.41) is 9.35. The van der Waals surface area contributed by atoms with Crippen LogP contribution in [-0.2, 0) is 6.42 Å². The molecule has 14 heavy (non-hydrogen) atoms. The fourth-order valence-corrected chi connectivity index (χ4v) is 1.64. The van der Waals surface area contributed by atoms with E-state index in [0.717, 1.165) is 23.5 Å². The van der Waals surface area contributed by atoms with Gasteiger partial charge in [-0.05, 0) is 25.6 Å². The number of nitrogens with two attached hydrogens (primary N) is 1. The number of fused-ring (bicyclic) bond motifs is 1. The fourth-order valence-electron chi connectivity index (χ4n) is 1.64. The number of rotatable bonds is 2. The Kier molecular flexibility index (Phi) is 2.13. The van der Waals surface area contributed by atoms with Crippen LogP contribution in [0.25, 0.3) is 5.65 Å². The minimum atomic E-state index is 0.244. The molecule has 74 valence electrons. The highest BCUT2D eigenvalue weighted by molar-refractivity contribution is 5.45. The minimum absolute atomic E-state index is 0.244. The highest BCUT2D eigenvalue weighted by Crippen LogP contribution is 2.16. The van der Waals surface area contributed by atoms with Crippen LogP contribution in [0.5, 0.6) is 5.75 Å². The van der Waals surface area contributed by atoms with Crippen molar-refractivity contribution >= 4 is 5.65 Å². The van der Waals surface area contributed by atoms with Gasteiger partial charge in [0.15, 0.2) is 0 Å². The summed E-state index contributed by atoms with van der Waals surface area (Å²) in [6, 6.07) is 3.43. The van der Waals surface area contributed by atoms with Crippen LogP contribution in [0, 0.1) is 6.92 Å². The van der Waals surface area contributed by atoms with Crippen LogP contribution in [0.15, 0.2) is 18.3 Å². The fraction of sp³-hybridized carbons (Fsp3) is 0.300. The summed E-state index contributed by atoms with van der Waals surface area (Å²) in [5.41, 5.74) is 8.41. The van der Waals surface area contributed by atoms with Gasteiger partial charge in [-0.15, -0.1) is 0 Å². The molecule has 0 saturated carbocycles. The molecule has 2 rings (SSSR count). The van der Waals surface area contributed by atoms with Crippen LogP contribution in [0.4, 0.5) is 0 Å². The van der Waals surface area contributed by atoms with Crippen molar-refractivity contribution < 1.29 is 5.11 Å². The molecule has 0 aliphatic rings. The quantitative estimate of drug-likeness (QED) is 0.739. The molecule has 0 aromatic carbocycles. The summed E-state index contributed by atoms with van der Waals surface area (Å²) in [7, 11) is 0. The first-order chi connectivity index (χ1) is 6.72. The zero-order valence-corrected chi connectivity index (χ0v) is 8.07. The lowest BCUT2D eigenvalue weighted by Crippen LogP contribution is -2.06. The van der Waals surface area contributed by atoms with Gasteiger partial charge in [0, 0.05) is 12.1 Å². The van der Waals surface area contributed by atoms with Crippen LogP contribution in [-0.4, -0.2) is 21.0 Å². The van der Waals surface area contributed by atoms with Crippen molar-refractivity contribution in [2.45, 2.75) is 13.3 Å². The molecule has 0 fully saturated rings. The topological polar surface area (TPSA) is 63.5 Å². The van der Waals surface area contributed by atoms with Crippen molar-refractivity contribution in [3.05, 3.63) is 29.7 Å². The van der Waals surface area contributed by atoms with Crippen LogP contribution in [0.1, 0.15) is 11.4 Å². The van der Waals surface area contributed by atoms with E-state index in [-0.39, 0.29) is 5.75 Å². The van der Waals surface area contributed by atoms with Crippen LogP contribution >= 0.6 is 0 Å². The van der Waals surface area contributed by atoms with Crippen LogP contribution in [0.3, 0.4) is 0 Å². The molecule has 0 saturated heterocycles. The maximum atomic E-state index is 9.35. The Balaban J connectivity index is 2.66. The molecular formula is C10H13N3O. The second-order valence-electron chi connectivity index (χ2n) is 3.30. The molecular weight excluding hydrogens is 178 g/mol. The van der Waals surface area contributed by atoms with Gasteiger partial charge in [-0.25, -0.2) is 4.98 Å². The van der Waals surface area contributed by atoms with Crippen LogP contribution in [0.2, 0.25) is 0 Å². The number of aromatic nitrogens is 2. The summed E-state index contributed by atoms with van der Waals surface area (Å²) in [6.07, 6.45) is 2.44. The third-order valence-corrected chi connectivity index (χ3v) is 2.28. The SMILES string of the molecule is Cc1nc2ccc(O)cn2c1CCN. The highest BCUT2D eigenvalue weighted by atomic mass is 16.3. The van der Waals surface area contributed by atoms with E-state index in [4.69, 9.17) is 5.73 Å². The first kappa shape index (κ1) is 9.02. The first-order valence-electron chi connectivity index (χ1n) is 4.59. The van der Waals surface area contributed by atoms with E-state index >= 15 is 0 Å². The average molecular weight is 191 g/mol. The Hall–Kier alpha value is -1.55. The third kappa shape index (κ3) is 1.33. The lowest BCUT2D eigenvalue weighted by Gasteiger charge is -2.01. The predicted octanol–water partition coefficient (Wildman–Crippen LogP) is 0.850. The number of imidazole rings is 1. The molecule has 2 aromatic rings.